The van der Waals surface area contributed by atoms with E-state index in [1.165, 1.54) is 16.1 Å². The van der Waals surface area contributed by atoms with Crippen LogP contribution in [0.15, 0.2) is 46.9 Å². The van der Waals surface area contributed by atoms with E-state index in [-0.39, 0.29) is 0 Å². The SMILES string of the molecule is C=COCC1CO1.c1ccc2c(c1)S2. The highest BCUT2D eigenvalue weighted by Gasteiger charge is 2.21. The molecular weight excluding hydrogens is 196 g/mol. The first kappa shape index (κ1) is 9.62. The normalized spacial score (nSPS) is 19.9. The third-order valence-corrected chi connectivity index (χ3v) is 2.78. The van der Waals surface area contributed by atoms with Crippen molar-refractivity contribution in [1.29, 1.82) is 0 Å². The van der Waals surface area contributed by atoms with Crippen molar-refractivity contribution in [1.82, 2.24) is 0 Å². The monoisotopic (exact) mass is 208 g/mol. The van der Waals surface area contributed by atoms with E-state index in [0.29, 0.717) is 12.7 Å². The fourth-order valence-corrected chi connectivity index (χ4v) is 1.57. The Morgan fingerprint density at radius 1 is 1.50 bits per heavy atom. The van der Waals surface area contributed by atoms with Gasteiger partial charge in [0.25, 0.3) is 0 Å². The molecule has 1 unspecified atom stereocenters. The van der Waals surface area contributed by atoms with Gasteiger partial charge in [-0.2, -0.15) is 0 Å². The molecule has 74 valence electrons. The summed E-state index contributed by atoms with van der Waals surface area (Å²) in [6.07, 6.45) is 1.79. The Morgan fingerprint density at radius 3 is 2.57 bits per heavy atom. The molecule has 2 aliphatic rings. The van der Waals surface area contributed by atoms with Crippen LogP contribution >= 0.6 is 11.8 Å². The lowest BCUT2D eigenvalue weighted by atomic mass is 10.4. The maximum Gasteiger partial charge on any atom is 0.116 e. The molecule has 0 saturated carbocycles. The molecule has 3 rings (SSSR count). The second kappa shape index (κ2) is 4.53. The Balaban J connectivity index is 0.000000107. The average Bonchev–Trinajstić information content (AvgIpc) is 3.09. The van der Waals surface area contributed by atoms with Crippen molar-refractivity contribution in [2.45, 2.75) is 15.9 Å². The first-order valence-electron chi connectivity index (χ1n) is 4.51. The molecule has 2 nitrogen and oxygen atoms in total. The van der Waals surface area contributed by atoms with E-state index in [9.17, 15) is 0 Å². The molecule has 1 aromatic carbocycles. The Bertz CT molecular complexity index is 300. The maximum atomic E-state index is 4.84. The standard InChI is InChI=1S/C6H4S.C5H8O2/c1-2-4-6-5(3-1)7-6;1-2-6-3-5-4-7-5/h1-4H;2,5H,1,3-4H2. The Labute approximate surface area is 87.9 Å². The fraction of sp³-hybridized carbons (Fsp3) is 0.273. The molecule has 0 radical (unpaired) electrons. The lowest BCUT2D eigenvalue weighted by Crippen LogP contribution is -1.94. The summed E-state index contributed by atoms with van der Waals surface area (Å²) in [4.78, 5) is 2.89. The van der Waals surface area contributed by atoms with Crippen molar-refractivity contribution in [3.8, 4) is 0 Å². The van der Waals surface area contributed by atoms with Crippen molar-refractivity contribution in [3.05, 3.63) is 37.1 Å². The number of fused-ring (bicyclic) bond motifs is 1. The Hall–Kier alpha value is -0.930. The Morgan fingerprint density at radius 2 is 2.14 bits per heavy atom. The maximum absolute atomic E-state index is 4.84. The van der Waals surface area contributed by atoms with E-state index in [0.717, 1.165) is 6.61 Å². The van der Waals surface area contributed by atoms with Gasteiger partial charge in [-0.15, -0.1) is 0 Å². The second-order valence-corrected chi connectivity index (χ2v) is 4.09. The van der Waals surface area contributed by atoms with Gasteiger partial charge in [-0.1, -0.05) is 30.5 Å². The minimum Gasteiger partial charge on any atom is -0.499 e. The van der Waals surface area contributed by atoms with Crippen LogP contribution in [0.5, 0.6) is 0 Å². The van der Waals surface area contributed by atoms with Gasteiger partial charge in [-0.25, -0.2) is 0 Å². The summed E-state index contributed by atoms with van der Waals surface area (Å²) >= 11 is 1.86. The van der Waals surface area contributed by atoms with Crippen LogP contribution in [0.25, 0.3) is 0 Å². The zero-order chi connectivity index (χ0) is 9.80. The number of benzene rings is 1. The van der Waals surface area contributed by atoms with Crippen LogP contribution in [-0.4, -0.2) is 19.3 Å². The zero-order valence-electron chi connectivity index (χ0n) is 7.81. The number of hydrogen-bond acceptors (Lipinski definition) is 3. The topological polar surface area (TPSA) is 21.8 Å². The van der Waals surface area contributed by atoms with Gasteiger partial charge in [0, 0.05) is 9.79 Å². The number of rotatable bonds is 3. The summed E-state index contributed by atoms with van der Waals surface area (Å²) in [6, 6.07) is 8.41. The quantitative estimate of drug-likeness (QED) is 0.572. The van der Waals surface area contributed by atoms with Gasteiger partial charge < -0.3 is 9.47 Å². The first-order chi connectivity index (χ1) is 6.90. The van der Waals surface area contributed by atoms with Crippen LogP contribution in [-0.2, 0) is 9.47 Å². The highest BCUT2D eigenvalue weighted by Crippen LogP contribution is 2.47. The summed E-state index contributed by atoms with van der Waals surface area (Å²) in [5, 5.41) is 0. The largest absolute Gasteiger partial charge is 0.499 e. The molecule has 0 N–H and O–H groups in total. The van der Waals surface area contributed by atoms with E-state index in [1.54, 1.807) is 0 Å². The molecule has 2 aliphatic heterocycles. The summed E-state index contributed by atoms with van der Waals surface area (Å²) < 4.78 is 9.63. The van der Waals surface area contributed by atoms with E-state index in [2.05, 4.69) is 30.8 Å². The van der Waals surface area contributed by atoms with E-state index in [4.69, 9.17) is 9.47 Å². The lowest BCUT2D eigenvalue weighted by Gasteiger charge is -1.90. The summed E-state index contributed by atoms with van der Waals surface area (Å²) in [5.41, 5.74) is 0. The summed E-state index contributed by atoms with van der Waals surface area (Å²) in [6.45, 7) is 4.91. The number of ether oxygens (including phenoxy) is 2. The minimum atomic E-state index is 0.359. The molecular formula is C11H12O2S. The molecule has 14 heavy (non-hydrogen) atoms. The van der Waals surface area contributed by atoms with Crippen LogP contribution in [0.1, 0.15) is 0 Å². The smallest absolute Gasteiger partial charge is 0.116 e. The lowest BCUT2D eigenvalue weighted by molar-refractivity contribution is 0.213. The van der Waals surface area contributed by atoms with E-state index < -0.39 is 0 Å². The van der Waals surface area contributed by atoms with E-state index in [1.807, 2.05) is 11.8 Å². The van der Waals surface area contributed by atoms with Crippen LogP contribution in [0, 0.1) is 0 Å². The van der Waals surface area contributed by atoms with Gasteiger partial charge in [0.05, 0.1) is 12.9 Å². The summed E-state index contributed by atoms with van der Waals surface area (Å²) in [5.74, 6) is 0. The van der Waals surface area contributed by atoms with Crippen molar-refractivity contribution >= 4 is 11.8 Å². The molecule has 0 spiro atoms. The van der Waals surface area contributed by atoms with Gasteiger partial charge in [-0.05, 0) is 12.1 Å². The average molecular weight is 208 g/mol. The highest BCUT2D eigenvalue weighted by atomic mass is 32.2. The second-order valence-electron chi connectivity index (χ2n) is 3.00. The molecule has 1 atom stereocenters. The van der Waals surface area contributed by atoms with Crippen LogP contribution < -0.4 is 0 Å². The molecule has 2 heterocycles. The molecule has 0 amide bonds. The third kappa shape index (κ3) is 3.09. The predicted molar refractivity (Wildman–Crippen MR) is 56.5 cm³/mol. The summed E-state index contributed by atoms with van der Waals surface area (Å²) in [7, 11) is 0. The predicted octanol–water partition coefficient (Wildman–Crippen LogP) is 2.70. The molecule has 0 aliphatic carbocycles. The van der Waals surface area contributed by atoms with Gasteiger partial charge in [-0.3, -0.25) is 0 Å². The number of hydrogen-bond donors (Lipinski definition) is 0. The van der Waals surface area contributed by atoms with Crippen molar-refractivity contribution in [3.63, 3.8) is 0 Å². The van der Waals surface area contributed by atoms with Crippen LogP contribution in [0.2, 0.25) is 0 Å². The van der Waals surface area contributed by atoms with Gasteiger partial charge in [0.2, 0.25) is 0 Å². The first-order valence-corrected chi connectivity index (χ1v) is 5.33. The highest BCUT2D eigenvalue weighted by molar-refractivity contribution is 8.04. The fourth-order valence-electron chi connectivity index (χ4n) is 0.951. The third-order valence-electron chi connectivity index (χ3n) is 1.83. The molecule has 3 heteroatoms. The molecule has 1 aromatic rings. The molecule has 0 bridgehead atoms. The molecule has 1 saturated heterocycles. The van der Waals surface area contributed by atoms with Gasteiger partial charge in [0.1, 0.15) is 12.7 Å². The van der Waals surface area contributed by atoms with E-state index >= 15 is 0 Å². The molecule has 0 aromatic heterocycles. The van der Waals surface area contributed by atoms with Crippen molar-refractivity contribution < 1.29 is 9.47 Å². The van der Waals surface area contributed by atoms with Crippen molar-refractivity contribution in [2.24, 2.45) is 0 Å². The zero-order valence-corrected chi connectivity index (χ0v) is 8.63. The van der Waals surface area contributed by atoms with Crippen LogP contribution in [0.4, 0.5) is 0 Å². The van der Waals surface area contributed by atoms with Gasteiger partial charge >= 0.3 is 0 Å². The minimum absolute atomic E-state index is 0.359. The Kier molecular flexibility index (Phi) is 3.11. The van der Waals surface area contributed by atoms with Gasteiger partial charge in [0.15, 0.2) is 0 Å². The molecule has 1 fully saturated rings. The van der Waals surface area contributed by atoms with Crippen LogP contribution in [0.3, 0.4) is 0 Å². The van der Waals surface area contributed by atoms with Crippen molar-refractivity contribution in [2.75, 3.05) is 13.2 Å². The number of epoxide rings is 1.